The van der Waals surface area contributed by atoms with Crippen LogP contribution in [0.5, 0.6) is 0 Å². The van der Waals surface area contributed by atoms with Gasteiger partial charge in [-0.3, -0.25) is 9.78 Å². The summed E-state index contributed by atoms with van der Waals surface area (Å²) in [5, 5.41) is 2.53. The molecule has 28 heavy (non-hydrogen) atoms. The molecule has 0 spiro atoms. The van der Waals surface area contributed by atoms with Crippen molar-refractivity contribution in [3.05, 3.63) is 101 Å². The van der Waals surface area contributed by atoms with Gasteiger partial charge in [-0.1, -0.05) is 36.4 Å². The lowest BCUT2D eigenvalue weighted by molar-refractivity contribution is -0.121. The van der Waals surface area contributed by atoms with Crippen LogP contribution in [0, 0.1) is 29.1 Å². The van der Waals surface area contributed by atoms with Gasteiger partial charge in [-0.05, 0) is 17.7 Å². The normalized spacial score (nSPS) is 11.9. The molecule has 0 radical (unpaired) electrons. The predicted octanol–water partition coefficient (Wildman–Crippen LogP) is 4.23. The smallest absolute Gasteiger partial charge is 0.225 e. The van der Waals surface area contributed by atoms with Crippen molar-refractivity contribution in [1.82, 2.24) is 10.3 Å². The largest absolute Gasteiger partial charge is 0.343 e. The molecule has 1 atom stereocenters. The molecular weight excluding hydrogens is 379 g/mol. The summed E-state index contributed by atoms with van der Waals surface area (Å²) in [6.07, 6.45) is 0.476. The molecule has 0 saturated heterocycles. The molecule has 1 unspecified atom stereocenters. The average molecular weight is 392 g/mol. The first-order valence-corrected chi connectivity index (χ1v) is 8.15. The van der Waals surface area contributed by atoms with Gasteiger partial charge in [0.1, 0.15) is 0 Å². The molecule has 3 nitrogen and oxygen atoms in total. The van der Waals surface area contributed by atoms with Crippen molar-refractivity contribution in [3.8, 4) is 0 Å². The summed E-state index contributed by atoms with van der Waals surface area (Å²) >= 11 is 0. The van der Waals surface area contributed by atoms with Crippen LogP contribution in [0.2, 0.25) is 0 Å². The summed E-state index contributed by atoms with van der Waals surface area (Å²) in [5.74, 6) is -11.4. The Morgan fingerprint density at radius 1 is 0.821 bits per heavy atom. The van der Waals surface area contributed by atoms with Crippen LogP contribution in [0.1, 0.15) is 22.9 Å². The molecule has 0 fully saturated rings. The molecule has 1 N–H and O–H groups in total. The van der Waals surface area contributed by atoms with Gasteiger partial charge in [-0.2, -0.15) is 0 Å². The maximum absolute atomic E-state index is 13.8. The standard InChI is InChI=1S/C20H13F5N2O/c21-15-12(16(22)18(24)19(25)17(15)23)10-14(28)27-20(11-6-2-1-3-7-11)13-8-4-5-9-26-13/h1-9,20H,10H2,(H,27,28). The number of rotatable bonds is 5. The van der Waals surface area contributed by atoms with E-state index in [0.29, 0.717) is 11.3 Å². The highest BCUT2D eigenvalue weighted by atomic mass is 19.2. The highest BCUT2D eigenvalue weighted by Gasteiger charge is 2.28. The fraction of sp³-hybridized carbons (Fsp3) is 0.100. The minimum Gasteiger partial charge on any atom is -0.343 e. The molecule has 0 aliphatic rings. The number of pyridine rings is 1. The molecular formula is C20H13F5N2O. The second kappa shape index (κ2) is 8.16. The third-order valence-corrected chi connectivity index (χ3v) is 4.06. The molecule has 0 aliphatic heterocycles. The van der Waals surface area contributed by atoms with Gasteiger partial charge in [0, 0.05) is 11.8 Å². The quantitative estimate of drug-likeness (QED) is 0.401. The first-order valence-electron chi connectivity index (χ1n) is 8.15. The van der Waals surface area contributed by atoms with E-state index < -0.39 is 53.0 Å². The Balaban J connectivity index is 1.90. The van der Waals surface area contributed by atoms with Crippen molar-refractivity contribution in [2.75, 3.05) is 0 Å². The van der Waals surface area contributed by atoms with Crippen LogP contribution < -0.4 is 5.32 Å². The Kier molecular flexibility index (Phi) is 5.67. The highest BCUT2D eigenvalue weighted by Crippen LogP contribution is 2.24. The van der Waals surface area contributed by atoms with E-state index in [0.717, 1.165) is 0 Å². The minimum atomic E-state index is -2.27. The van der Waals surface area contributed by atoms with Crippen LogP contribution in [0.4, 0.5) is 22.0 Å². The van der Waals surface area contributed by atoms with Crippen molar-refractivity contribution in [2.45, 2.75) is 12.5 Å². The van der Waals surface area contributed by atoms with Crippen molar-refractivity contribution in [1.29, 1.82) is 0 Å². The molecule has 3 aromatic rings. The van der Waals surface area contributed by atoms with Crippen LogP contribution in [-0.2, 0) is 11.2 Å². The average Bonchev–Trinajstić information content (AvgIpc) is 2.73. The summed E-state index contributed by atoms with van der Waals surface area (Å²) in [6, 6.07) is 12.8. The zero-order valence-electron chi connectivity index (χ0n) is 14.2. The first-order chi connectivity index (χ1) is 13.4. The van der Waals surface area contributed by atoms with Gasteiger partial charge in [0.15, 0.2) is 23.3 Å². The summed E-state index contributed by atoms with van der Waals surface area (Å²) in [6.45, 7) is 0. The van der Waals surface area contributed by atoms with Gasteiger partial charge in [0.2, 0.25) is 11.7 Å². The van der Waals surface area contributed by atoms with Crippen molar-refractivity contribution in [3.63, 3.8) is 0 Å². The fourth-order valence-electron chi connectivity index (χ4n) is 2.70. The molecule has 0 bridgehead atoms. The van der Waals surface area contributed by atoms with Crippen molar-refractivity contribution < 1.29 is 26.7 Å². The van der Waals surface area contributed by atoms with Gasteiger partial charge in [-0.25, -0.2) is 22.0 Å². The number of hydrogen-bond acceptors (Lipinski definition) is 2. The van der Waals surface area contributed by atoms with Gasteiger partial charge >= 0.3 is 0 Å². The third kappa shape index (κ3) is 3.85. The molecule has 1 aromatic heterocycles. The Labute approximate surface area is 156 Å². The molecule has 0 saturated carbocycles. The van der Waals surface area contributed by atoms with E-state index in [9.17, 15) is 26.7 Å². The summed E-state index contributed by atoms with van der Waals surface area (Å²) in [7, 11) is 0. The monoisotopic (exact) mass is 392 g/mol. The second-order valence-corrected chi connectivity index (χ2v) is 5.89. The molecule has 0 aliphatic carbocycles. The number of halogens is 5. The van der Waals surface area contributed by atoms with E-state index in [-0.39, 0.29) is 0 Å². The van der Waals surface area contributed by atoms with E-state index in [2.05, 4.69) is 10.3 Å². The predicted molar refractivity (Wildman–Crippen MR) is 90.6 cm³/mol. The Morgan fingerprint density at radius 2 is 1.39 bits per heavy atom. The Morgan fingerprint density at radius 3 is 1.96 bits per heavy atom. The topological polar surface area (TPSA) is 42.0 Å². The van der Waals surface area contributed by atoms with Gasteiger partial charge in [-0.15, -0.1) is 0 Å². The van der Waals surface area contributed by atoms with Crippen LogP contribution >= 0.6 is 0 Å². The zero-order valence-corrected chi connectivity index (χ0v) is 14.2. The number of hydrogen-bond donors (Lipinski definition) is 1. The third-order valence-electron chi connectivity index (χ3n) is 4.06. The van der Waals surface area contributed by atoms with E-state index >= 15 is 0 Å². The van der Waals surface area contributed by atoms with Crippen LogP contribution in [0.3, 0.4) is 0 Å². The van der Waals surface area contributed by atoms with Gasteiger partial charge in [0.05, 0.1) is 18.2 Å². The number of nitrogens with zero attached hydrogens (tertiary/aromatic N) is 1. The lowest BCUT2D eigenvalue weighted by Gasteiger charge is -2.19. The summed E-state index contributed by atoms with van der Waals surface area (Å²) < 4.78 is 67.5. The van der Waals surface area contributed by atoms with E-state index in [1.807, 2.05) is 0 Å². The summed E-state index contributed by atoms with van der Waals surface area (Å²) in [4.78, 5) is 16.5. The second-order valence-electron chi connectivity index (χ2n) is 5.89. The number of carbonyl (C=O) groups excluding carboxylic acids is 1. The number of aromatic nitrogens is 1. The van der Waals surface area contributed by atoms with Gasteiger partial charge in [0.25, 0.3) is 0 Å². The highest BCUT2D eigenvalue weighted by molar-refractivity contribution is 5.79. The summed E-state index contributed by atoms with van der Waals surface area (Å²) in [5.41, 5.74) is -0.117. The maximum atomic E-state index is 13.8. The maximum Gasteiger partial charge on any atom is 0.225 e. The van der Waals surface area contributed by atoms with E-state index in [1.54, 1.807) is 48.5 Å². The Hall–Kier alpha value is -3.29. The molecule has 2 aromatic carbocycles. The molecule has 1 amide bonds. The molecule has 1 heterocycles. The van der Waals surface area contributed by atoms with Gasteiger partial charge < -0.3 is 5.32 Å². The molecule has 144 valence electrons. The number of nitrogens with one attached hydrogen (secondary N) is 1. The van der Waals surface area contributed by atoms with Crippen LogP contribution in [0.15, 0.2) is 54.7 Å². The van der Waals surface area contributed by atoms with Crippen molar-refractivity contribution in [2.24, 2.45) is 0 Å². The van der Waals surface area contributed by atoms with Crippen LogP contribution in [-0.4, -0.2) is 10.9 Å². The fourth-order valence-corrected chi connectivity index (χ4v) is 2.70. The van der Waals surface area contributed by atoms with Crippen molar-refractivity contribution >= 4 is 5.91 Å². The lowest BCUT2D eigenvalue weighted by Crippen LogP contribution is -2.32. The molecule has 3 rings (SSSR count). The molecule has 8 heteroatoms. The number of benzene rings is 2. The SMILES string of the molecule is O=C(Cc1c(F)c(F)c(F)c(F)c1F)NC(c1ccccc1)c1ccccn1. The Bertz CT molecular complexity index is 928. The first kappa shape index (κ1) is 19.5. The lowest BCUT2D eigenvalue weighted by atomic mass is 10.0. The van der Waals surface area contributed by atoms with E-state index in [4.69, 9.17) is 0 Å². The van der Waals surface area contributed by atoms with E-state index in [1.165, 1.54) is 6.20 Å². The number of carbonyl (C=O) groups is 1. The minimum absolute atomic E-state index is 0.444. The number of amides is 1. The van der Waals surface area contributed by atoms with Crippen LogP contribution in [0.25, 0.3) is 0 Å². The zero-order chi connectivity index (χ0) is 20.3.